The van der Waals surface area contributed by atoms with E-state index in [2.05, 4.69) is 31.5 Å². The molecule has 1 aromatic carbocycles. The zero-order valence-corrected chi connectivity index (χ0v) is 16.5. The molecule has 0 aliphatic heterocycles. The van der Waals surface area contributed by atoms with Crippen molar-refractivity contribution >= 4 is 50.5 Å². The first-order valence-corrected chi connectivity index (χ1v) is 9.44. The van der Waals surface area contributed by atoms with Gasteiger partial charge >= 0.3 is 6.03 Å². The molecule has 0 fully saturated rings. The Morgan fingerprint density at radius 3 is 2.72 bits per heavy atom. The van der Waals surface area contributed by atoms with Crippen LogP contribution in [0, 0.1) is 5.92 Å². The number of carbonyl (C=O) groups excluding carboxylic acids is 2. The molecular weight excluding hydrogens is 408 g/mol. The fourth-order valence-corrected chi connectivity index (χ4v) is 3.33. The standard InChI is InChI=1S/C16H19BrN4O3S/c1-9(2)7-21-14(23)11-6-10(17)4-5-12(11)19-16(21)25-8-13(22)20-15(24)18-3/h4-6,9H,7-8H2,1-3H3,(H2,18,20,22,24). The van der Waals surface area contributed by atoms with Crippen molar-refractivity contribution < 1.29 is 9.59 Å². The van der Waals surface area contributed by atoms with E-state index in [0.717, 1.165) is 16.2 Å². The number of imide groups is 1. The Bertz CT molecular complexity index is 866. The third-order valence-corrected chi connectivity index (χ3v) is 4.71. The van der Waals surface area contributed by atoms with Crippen molar-refractivity contribution in [3.05, 3.63) is 33.0 Å². The lowest BCUT2D eigenvalue weighted by Crippen LogP contribution is -2.38. The molecule has 0 radical (unpaired) electrons. The number of benzene rings is 1. The zero-order chi connectivity index (χ0) is 18.6. The Morgan fingerprint density at radius 1 is 1.36 bits per heavy atom. The summed E-state index contributed by atoms with van der Waals surface area (Å²) in [6.45, 7) is 4.50. The van der Waals surface area contributed by atoms with Gasteiger partial charge in [-0.1, -0.05) is 41.5 Å². The van der Waals surface area contributed by atoms with Crippen LogP contribution in [0.25, 0.3) is 10.9 Å². The Hall–Kier alpha value is -1.87. The van der Waals surface area contributed by atoms with E-state index in [1.165, 1.54) is 7.05 Å². The summed E-state index contributed by atoms with van der Waals surface area (Å²) < 4.78 is 2.39. The summed E-state index contributed by atoms with van der Waals surface area (Å²) >= 11 is 4.50. The highest BCUT2D eigenvalue weighted by Crippen LogP contribution is 2.21. The average molecular weight is 427 g/mol. The van der Waals surface area contributed by atoms with Gasteiger partial charge in [-0.25, -0.2) is 9.78 Å². The van der Waals surface area contributed by atoms with E-state index >= 15 is 0 Å². The number of thioether (sulfide) groups is 1. The van der Waals surface area contributed by atoms with E-state index in [0.29, 0.717) is 22.6 Å². The van der Waals surface area contributed by atoms with Crippen molar-refractivity contribution in [3.63, 3.8) is 0 Å². The van der Waals surface area contributed by atoms with E-state index in [9.17, 15) is 14.4 Å². The molecule has 0 bridgehead atoms. The number of nitrogens with zero attached hydrogens (tertiary/aromatic N) is 2. The molecule has 134 valence electrons. The molecule has 1 heterocycles. The zero-order valence-electron chi connectivity index (χ0n) is 14.1. The molecule has 0 aliphatic carbocycles. The average Bonchev–Trinajstić information content (AvgIpc) is 2.56. The molecule has 1 aromatic heterocycles. The summed E-state index contributed by atoms with van der Waals surface area (Å²) in [6.07, 6.45) is 0. The third-order valence-electron chi connectivity index (χ3n) is 3.24. The monoisotopic (exact) mass is 426 g/mol. The van der Waals surface area contributed by atoms with Crippen molar-refractivity contribution in [1.82, 2.24) is 20.2 Å². The lowest BCUT2D eigenvalue weighted by molar-refractivity contribution is -0.117. The molecule has 0 saturated carbocycles. The first-order chi connectivity index (χ1) is 11.8. The van der Waals surface area contributed by atoms with Gasteiger partial charge in [-0.15, -0.1) is 0 Å². The van der Waals surface area contributed by atoms with Crippen LogP contribution in [-0.4, -0.2) is 34.3 Å². The Kier molecular flexibility index (Phi) is 6.60. The van der Waals surface area contributed by atoms with Gasteiger partial charge in [-0.2, -0.15) is 0 Å². The Balaban J connectivity index is 2.36. The number of urea groups is 1. The Morgan fingerprint density at radius 2 is 2.08 bits per heavy atom. The number of halogens is 1. The maximum absolute atomic E-state index is 12.8. The van der Waals surface area contributed by atoms with Gasteiger partial charge in [-0.05, 0) is 24.1 Å². The van der Waals surface area contributed by atoms with Crippen molar-refractivity contribution in [2.24, 2.45) is 5.92 Å². The SMILES string of the molecule is CNC(=O)NC(=O)CSc1nc2ccc(Br)cc2c(=O)n1CC(C)C. The quantitative estimate of drug-likeness (QED) is 0.565. The number of nitrogens with one attached hydrogen (secondary N) is 2. The molecule has 2 aromatic rings. The lowest BCUT2D eigenvalue weighted by atomic mass is 10.2. The summed E-state index contributed by atoms with van der Waals surface area (Å²) in [7, 11) is 1.43. The number of aromatic nitrogens is 2. The predicted octanol–water partition coefficient (Wildman–Crippen LogP) is 2.36. The summed E-state index contributed by atoms with van der Waals surface area (Å²) in [5.41, 5.74) is 0.427. The maximum Gasteiger partial charge on any atom is 0.321 e. The van der Waals surface area contributed by atoms with Crippen molar-refractivity contribution in [3.8, 4) is 0 Å². The van der Waals surface area contributed by atoms with Gasteiger partial charge in [0, 0.05) is 18.1 Å². The smallest absolute Gasteiger partial charge is 0.321 e. The van der Waals surface area contributed by atoms with E-state index in [4.69, 9.17) is 0 Å². The van der Waals surface area contributed by atoms with Gasteiger partial charge in [0.15, 0.2) is 5.16 Å². The number of rotatable bonds is 5. The largest absolute Gasteiger partial charge is 0.341 e. The highest BCUT2D eigenvalue weighted by molar-refractivity contribution is 9.10. The number of fused-ring (bicyclic) bond motifs is 1. The molecule has 9 heteroatoms. The van der Waals surface area contributed by atoms with Crippen molar-refractivity contribution in [1.29, 1.82) is 0 Å². The van der Waals surface area contributed by atoms with E-state index in [1.54, 1.807) is 16.7 Å². The summed E-state index contributed by atoms with van der Waals surface area (Å²) in [4.78, 5) is 40.3. The fourth-order valence-electron chi connectivity index (χ4n) is 2.16. The fraction of sp³-hybridized carbons (Fsp3) is 0.375. The van der Waals surface area contributed by atoms with Crippen LogP contribution in [-0.2, 0) is 11.3 Å². The topological polar surface area (TPSA) is 93.1 Å². The van der Waals surface area contributed by atoms with Gasteiger partial charge in [0.2, 0.25) is 5.91 Å². The van der Waals surface area contributed by atoms with Crippen LogP contribution in [0.1, 0.15) is 13.8 Å². The molecule has 0 spiro atoms. The van der Waals surface area contributed by atoms with Crippen molar-refractivity contribution in [2.75, 3.05) is 12.8 Å². The van der Waals surface area contributed by atoms with Gasteiger partial charge < -0.3 is 5.32 Å². The minimum atomic E-state index is -0.568. The van der Waals surface area contributed by atoms with Gasteiger partial charge in [0.05, 0.1) is 16.7 Å². The molecular formula is C16H19BrN4O3S. The number of hydrogen-bond donors (Lipinski definition) is 2. The lowest BCUT2D eigenvalue weighted by Gasteiger charge is -2.15. The molecule has 0 unspecified atom stereocenters. The normalized spacial score (nSPS) is 10.9. The highest BCUT2D eigenvalue weighted by atomic mass is 79.9. The molecule has 2 rings (SSSR count). The first-order valence-electron chi connectivity index (χ1n) is 7.66. The molecule has 3 amide bonds. The summed E-state index contributed by atoms with van der Waals surface area (Å²) in [5, 5.41) is 5.48. The number of hydrogen-bond acceptors (Lipinski definition) is 5. The summed E-state index contributed by atoms with van der Waals surface area (Å²) in [6, 6.07) is 4.75. The number of amides is 3. The van der Waals surface area contributed by atoms with Crippen LogP contribution < -0.4 is 16.2 Å². The van der Waals surface area contributed by atoms with Crippen LogP contribution in [0.5, 0.6) is 0 Å². The molecule has 0 saturated heterocycles. The molecule has 0 aliphatic rings. The van der Waals surface area contributed by atoms with E-state index in [-0.39, 0.29) is 17.2 Å². The Labute approximate surface area is 157 Å². The minimum Gasteiger partial charge on any atom is -0.341 e. The predicted molar refractivity (Wildman–Crippen MR) is 102 cm³/mol. The summed E-state index contributed by atoms with van der Waals surface area (Å²) in [5.74, 6) is -0.228. The van der Waals surface area contributed by atoms with Gasteiger partial charge in [-0.3, -0.25) is 19.5 Å². The molecule has 7 nitrogen and oxygen atoms in total. The highest BCUT2D eigenvalue weighted by Gasteiger charge is 2.15. The first kappa shape index (κ1) is 19.5. The number of carbonyl (C=O) groups is 2. The second-order valence-corrected chi connectivity index (χ2v) is 7.64. The second kappa shape index (κ2) is 8.48. The van der Waals surface area contributed by atoms with Crippen LogP contribution in [0.15, 0.2) is 32.6 Å². The van der Waals surface area contributed by atoms with Gasteiger partial charge in [0.1, 0.15) is 0 Å². The van der Waals surface area contributed by atoms with Crippen LogP contribution in [0.3, 0.4) is 0 Å². The van der Waals surface area contributed by atoms with E-state index < -0.39 is 11.9 Å². The van der Waals surface area contributed by atoms with Crippen LogP contribution in [0.4, 0.5) is 4.79 Å². The second-order valence-electron chi connectivity index (χ2n) is 5.78. The van der Waals surface area contributed by atoms with Crippen molar-refractivity contribution in [2.45, 2.75) is 25.5 Å². The molecule has 0 atom stereocenters. The van der Waals surface area contributed by atoms with Crippen LogP contribution in [0.2, 0.25) is 0 Å². The van der Waals surface area contributed by atoms with E-state index in [1.807, 2.05) is 19.9 Å². The molecule has 2 N–H and O–H groups in total. The minimum absolute atomic E-state index is 0.0139. The maximum atomic E-state index is 12.8. The van der Waals surface area contributed by atoms with Crippen LogP contribution >= 0.6 is 27.7 Å². The molecule has 25 heavy (non-hydrogen) atoms. The third kappa shape index (κ3) is 5.05. The van der Waals surface area contributed by atoms with Gasteiger partial charge in [0.25, 0.3) is 5.56 Å².